The molecule has 0 bridgehead atoms. The molecule has 2 heterocycles. The second kappa shape index (κ2) is 6.23. The van der Waals surface area contributed by atoms with Gasteiger partial charge in [0.05, 0.1) is 13.0 Å². The predicted octanol–water partition coefficient (Wildman–Crippen LogP) is 0.131. The zero-order valence-electron chi connectivity index (χ0n) is 12.8. The molecule has 3 rings (SSSR count). The third-order valence-corrected chi connectivity index (χ3v) is 4.08. The van der Waals surface area contributed by atoms with Crippen LogP contribution in [0, 0.1) is 0 Å². The normalized spacial score (nSPS) is 13.6. The molecule has 122 valence electrons. The second-order valence-corrected chi connectivity index (χ2v) is 5.78. The standard InChI is InChI=1S/C15H18N4O4/c1-19(8-11-10-4-2-3-5-12(10)23-18-11)14(21)7-9-6-13(20)16-17-15(9)22/h6H,2-5,7-8H2,1H3,(H,16,20)(H,17,22). The van der Waals surface area contributed by atoms with E-state index in [0.29, 0.717) is 6.54 Å². The number of fused-ring (bicyclic) bond motifs is 1. The first-order valence-electron chi connectivity index (χ1n) is 7.55. The SMILES string of the molecule is CN(Cc1noc2c1CCCC2)C(=O)Cc1cc(=O)[nH][nH]c1=O. The van der Waals surface area contributed by atoms with Gasteiger partial charge in [0, 0.05) is 30.7 Å². The Kier molecular flexibility index (Phi) is 4.14. The van der Waals surface area contributed by atoms with Crippen molar-refractivity contribution >= 4 is 5.91 Å². The van der Waals surface area contributed by atoms with Gasteiger partial charge >= 0.3 is 0 Å². The van der Waals surface area contributed by atoms with Crippen LogP contribution in [0.5, 0.6) is 0 Å². The Morgan fingerprint density at radius 1 is 1.30 bits per heavy atom. The number of likely N-dealkylation sites (N-methyl/N-ethyl adjacent to an activating group) is 1. The summed E-state index contributed by atoms with van der Waals surface area (Å²) >= 11 is 0. The Balaban J connectivity index is 1.70. The highest BCUT2D eigenvalue weighted by atomic mass is 16.5. The number of amides is 1. The summed E-state index contributed by atoms with van der Waals surface area (Å²) in [5, 5.41) is 8.45. The molecule has 8 nitrogen and oxygen atoms in total. The molecule has 0 saturated heterocycles. The summed E-state index contributed by atoms with van der Waals surface area (Å²) in [6, 6.07) is 1.14. The number of aryl methyl sites for hydroxylation is 1. The molecular formula is C15H18N4O4. The molecular weight excluding hydrogens is 300 g/mol. The second-order valence-electron chi connectivity index (χ2n) is 5.78. The molecule has 0 saturated carbocycles. The van der Waals surface area contributed by atoms with Crippen molar-refractivity contribution in [3.05, 3.63) is 49.4 Å². The van der Waals surface area contributed by atoms with Crippen LogP contribution in [0.4, 0.5) is 0 Å². The molecule has 23 heavy (non-hydrogen) atoms. The maximum atomic E-state index is 12.3. The van der Waals surface area contributed by atoms with E-state index >= 15 is 0 Å². The van der Waals surface area contributed by atoms with Crippen LogP contribution in [0.1, 0.15) is 35.4 Å². The molecule has 0 radical (unpaired) electrons. The summed E-state index contributed by atoms with van der Waals surface area (Å²) in [6.45, 7) is 0.332. The molecule has 0 fully saturated rings. The van der Waals surface area contributed by atoms with E-state index < -0.39 is 11.1 Å². The van der Waals surface area contributed by atoms with Crippen molar-refractivity contribution in [1.29, 1.82) is 0 Å². The van der Waals surface area contributed by atoms with Crippen molar-refractivity contribution in [2.24, 2.45) is 0 Å². The highest BCUT2D eigenvalue weighted by Crippen LogP contribution is 2.24. The van der Waals surface area contributed by atoms with Crippen molar-refractivity contribution in [3.8, 4) is 0 Å². The van der Waals surface area contributed by atoms with Crippen LogP contribution in [0.3, 0.4) is 0 Å². The summed E-state index contributed by atoms with van der Waals surface area (Å²) in [7, 11) is 1.65. The molecule has 1 aliphatic carbocycles. The Hall–Kier alpha value is -2.64. The van der Waals surface area contributed by atoms with Gasteiger partial charge < -0.3 is 9.42 Å². The number of hydrogen-bond acceptors (Lipinski definition) is 5. The van der Waals surface area contributed by atoms with Gasteiger partial charge in [0.1, 0.15) is 11.5 Å². The van der Waals surface area contributed by atoms with Crippen molar-refractivity contribution in [1.82, 2.24) is 20.3 Å². The van der Waals surface area contributed by atoms with Crippen LogP contribution in [0.2, 0.25) is 0 Å². The minimum absolute atomic E-state index is 0.129. The lowest BCUT2D eigenvalue weighted by Crippen LogP contribution is -2.31. The van der Waals surface area contributed by atoms with Gasteiger partial charge in [-0.1, -0.05) is 5.16 Å². The van der Waals surface area contributed by atoms with Crippen molar-refractivity contribution in [2.75, 3.05) is 7.05 Å². The first-order chi connectivity index (χ1) is 11.0. The average Bonchev–Trinajstić information content (AvgIpc) is 2.94. The third-order valence-electron chi connectivity index (χ3n) is 4.08. The van der Waals surface area contributed by atoms with Crippen molar-refractivity contribution in [3.63, 3.8) is 0 Å². The number of aromatic nitrogens is 3. The van der Waals surface area contributed by atoms with Crippen LogP contribution in [0.15, 0.2) is 20.2 Å². The van der Waals surface area contributed by atoms with Gasteiger partial charge in [0.15, 0.2) is 0 Å². The van der Waals surface area contributed by atoms with Gasteiger partial charge in [0.25, 0.3) is 11.1 Å². The number of hydrogen-bond donors (Lipinski definition) is 2. The lowest BCUT2D eigenvalue weighted by atomic mass is 9.96. The number of carbonyl (C=O) groups is 1. The minimum Gasteiger partial charge on any atom is -0.361 e. The smallest absolute Gasteiger partial charge is 0.266 e. The first-order valence-corrected chi connectivity index (χ1v) is 7.55. The average molecular weight is 318 g/mol. The molecule has 0 aliphatic heterocycles. The van der Waals surface area contributed by atoms with Gasteiger partial charge in [0.2, 0.25) is 5.91 Å². The molecule has 2 aromatic heterocycles. The largest absolute Gasteiger partial charge is 0.361 e. The summed E-state index contributed by atoms with van der Waals surface area (Å²) in [6.07, 6.45) is 3.88. The third kappa shape index (κ3) is 3.25. The van der Waals surface area contributed by atoms with Gasteiger partial charge in [-0.05, 0) is 19.3 Å². The number of aromatic amines is 2. The van der Waals surface area contributed by atoms with Crippen LogP contribution < -0.4 is 11.1 Å². The van der Waals surface area contributed by atoms with Gasteiger partial charge in [-0.25, -0.2) is 0 Å². The van der Waals surface area contributed by atoms with Crippen LogP contribution in [-0.4, -0.2) is 33.2 Å². The lowest BCUT2D eigenvalue weighted by Gasteiger charge is -2.17. The molecule has 0 unspecified atom stereocenters. The molecule has 0 atom stereocenters. The quantitative estimate of drug-likeness (QED) is 0.832. The fourth-order valence-electron chi connectivity index (χ4n) is 2.77. The minimum atomic E-state index is -0.467. The Morgan fingerprint density at radius 3 is 2.91 bits per heavy atom. The van der Waals surface area contributed by atoms with Gasteiger partial charge in [-0.15, -0.1) is 0 Å². The molecule has 0 aromatic carbocycles. The van der Waals surface area contributed by atoms with E-state index in [1.807, 2.05) is 0 Å². The molecule has 8 heteroatoms. The number of H-pyrrole nitrogens is 2. The topological polar surface area (TPSA) is 112 Å². The monoisotopic (exact) mass is 318 g/mol. The summed E-state index contributed by atoms with van der Waals surface area (Å²) in [5.41, 5.74) is 1.11. The zero-order valence-corrected chi connectivity index (χ0v) is 12.8. The summed E-state index contributed by atoms with van der Waals surface area (Å²) in [4.78, 5) is 36.6. The molecule has 0 spiro atoms. The number of carbonyl (C=O) groups excluding carboxylic acids is 1. The highest BCUT2D eigenvalue weighted by molar-refractivity contribution is 5.78. The predicted molar refractivity (Wildman–Crippen MR) is 81.0 cm³/mol. The first kappa shape index (κ1) is 15.3. The highest BCUT2D eigenvalue weighted by Gasteiger charge is 2.22. The van der Waals surface area contributed by atoms with Crippen molar-refractivity contribution in [2.45, 2.75) is 38.6 Å². The Morgan fingerprint density at radius 2 is 2.09 bits per heavy atom. The van der Waals surface area contributed by atoms with Crippen LogP contribution >= 0.6 is 0 Å². The molecule has 2 N–H and O–H groups in total. The number of rotatable bonds is 4. The molecule has 1 aliphatic rings. The fraction of sp³-hybridized carbons (Fsp3) is 0.467. The zero-order chi connectivity index (χ0) is 16.4. The molecule has 2 aromatic rings. The summed E-state index contributed by atoms with van der Waals surface area (Å²) < 4.78 is 5.33. The lowest BCUT2D eigenvalue weighted by molar-refractivity contribution is -0.129. The Labute approximate surface area is 131 Å². The van der Waals surface area contributed by atoms with E-state index in [9.17, 15) is 14.4 Å². The molecule has 1 amide bonds. The fourth-order valence-corrected chi connectivity index (χ4v) is 2.77. The van der Waals surface area contributed by atoms with Crippen molar-refractivity contribution < 1.29 is 9.32 Å². The maximum absolute atomic E-state index is 12.3. The van der Waals surface area contributed by atoms with E-state index in [1.54, 1.807) is 7.05 Å². The number of nitrogens with zero attached hydrogens (tertiary/aromatic N) is 2. The van der Waals surface area contributed by atoms with E-state index in [2.05, 4.69) is 15.4 Å². The van der Waals surface area contributed by atoms with E-state index in [-0.39, 0.29) is 17.9 Å². The van der Waals surface area contributed by atoms with Crippen LogP contribution in [0.25, 0.3) is 0 Å². The Bertz CT molecular complexity index is 832. The van der Waals surface area contributed by atoms with Gasteiger partial charge in [-0.3, -0.25) is 24.6 Å². The van der Waals surface area contributed by atoms with Gasteiger partial charge in [-0.2, -0.15) is 0 Å². The van der Waals surface area contributed by atoms with E-state index in [0.717, 1.165) is 48.8 Å². The summed E-state index contributed by atoms with van der Waals surface area (Å²) in [5.74, 6) is 0.659. The van der Waals surface area contributed by atoms with Crippen LogP contribution in [-0.2, 0) is 30.6 Å². The number of nitrogens with one attached hydrogen (secondary N) is 2. The van der Waals surface area contributed by atoms with E-state index in [4.69, 9.17) is 4.52 Å². The maximum Gasteiger partial charge on any atom is 0.266 e. The van der Waals surface area contributed by atoms with E-state index in [1.165, 1.54) is 4.90 Å².